The Morgan fingerprint density at radius 3 is 2.32 bits per heavy atom. The van der Waals surface area contributed by atoms with E-state index in [0.29, 0.717) is 22.5 Å². The van der Waals surface area contributed by atoms with Crippen LogP contribution in [0.4, 0.5) is 0 Å². The van der Waals surface area contributed by atoms with Crippen molar-refractivity contribution in [2.75, 3.05) is 6.61 Å². The highest BCUT2D eigenvalue weighted by Crippen LogP contribution is 2.20. The lowest BCUT2D eigenvalue weighted by molar-refractivity contribution is 0.0941. The summed E-state index contributed by atoms with van der Waals surface area (Å²) < 4.78 is 1.40. The summed E-state index contributed by atoms with van der Waals surface area (Å²) in [5.41, 5.74) is 5.78. The van der Waals surface area contributed by atoms with Crippen molar-refractivity contribution in [3.05, 3.63) is 51.3 Å². The number of aliphatic hydroxyl groups excluding tert-OH is 1. The average Bonchev–Trinajstić information content (AvgIpc) is 2.70. The van der Waals surface area contributed by atoms with E-state index in [1.807, 2.05) is 46.8 Å². The lowest BCUT2D eigenvalue weighted by atomic mass is 9.99. The average molecular weight is 296 g/mol. The molecule has 1 aromatic heterocycles. The molecule has 22 heavy (non-hydrogen) atoms. The first-order valence-corrected chi connectivity index (χ1v) is 7.15. The van der Waals surface area contributed by atoms with Gasteiger partial charge in [0.25, 0.3) is 5.91 Å². The fourth-order valence-corrected chi connectivity index (χ4v) is 2.77. The molecule has 0 amide bonds. The summed E-state index contributed by atoms with van der Waals surface area (Å²) in [4.78, 5) is 12.9. The zero-order chi connectivity index (χ0) is 16.4. The molecule has 0 fully saturated rings. The Kier molecular flexibility index (Phi) is 4.48. The van der Waals surface area contributed by atoms with Crippen molar-refractivity contribution in [1.82, 2.24) is 9.78 Å². The molecule has 0 spiro atoms. The standard InChI is InChI=1S/C18H20N2O2/c1-11-9-12(2)17(13(3)10-11)18(22)20-15(5)16(7-6-8-21)14(4)19-20/h9-10,21H,8H2,1-5H3. The van der Waals surface area contributed by atoms with Crippen LogP contribution in [0.5, 0.6) is 0 Å². The minimum absolute atomic E-state index is 0.146. The van der Waals surface area contributed by atoms with Crippen LogP contribution in [0.3, 0.4) is 0 Å². The fraction of sp³-hybridized carbons (Fsp3) is 0.333. The number of carbonyl (C=O) groups excluding carboxylic acids is 1. The van der Waals surface area contributed by atoms with Crippen LogP contribution in [0, 0.1) is 46.5 Å². The molecule has 0 radical (unpaired) electrons. The Morgan fingerprint density at radius 1 is 1.18 bits per heavy atom. The number of rotatable bonds is 1. The van der Waals surface area contributed by atoms with Gasteiger partial charge in [0.05, 0.1) is 17.0 Å². The highest BCUT2D eigenvalue weighted by Gasteiger charge is 2.20. The van der Waals surface area contributed by atoms with Crippen LogP contribution >= 0.6 is 0 Å². The molecule has 0 unspecified atom stereocenters. The van der Waals surface area contributed by atoms with Crippen molar-refractivity contribution in [1.29, 1.82) is 0 Å². The Morgan fingerprint density at radius 2 is 1.77 bits per heavy atom. The van der Waals surface area contributed by atoms with Gasteiger partial charge in [-0.05, 0) is 45.7 Å². The highest BCUT2D eigenvalue weighted by atomic mass is 16.2. The van der Waals surface area contributed by atoms with E-state index >= 15 is 0 Å². The van der Waals surface area contributed by atoms with Gasteiger partial charge in [-0.15, -0.1) is 0 Å². The molecular formula is C18H20N2O2. The van der Waals surface area contributed by atoms with E-state index < -0.39 is 0 Å². The van der Waals surface area contributed by atoms with Gasteiger partial charge in [-0.25, -0.2) is 0 Å². The second-order valence-corrected chi connectivity index (χ2v) is 5.50. The van der Waals surface area contributed by atoms with Gasteiger partial charge in [-0.2, -0.15) is 9.78 Å². The summed E-state index contributed by atoms with van der Waals surface area (Å²) in [6, 6.07) is 4.00. The second kappa shape index (κ2) is 6.17. The van der Waals surface area contributed by atoms with Gasteiger partial charge in [0.15, 0.2) is 0 Å². The van der Waals surface area contributed by atoms with E-state index in [0.717, 1.165) is 16.7 Å². The molecule has 0 aliphatic rings. The maximum Gasteiger partial charge on any atom is 0.278 e. The Hall–Kier alpha value is -2.38. The van der Waals surface area contributed by atoms with Crippen LogP contribution in [0.25, 0.3) is 0 Å². The summed E-state index contributed by atoms with van der Waals surface area (Å²) >= 11 is 0. The lowest BCUT2D eigenvalue weighted by Gasteiger charge is -2.11. The summed E-state index contributed by atoms with van der Waals surface area (Å²) in [7, 11) is 0. The predicted molar refractivity (Wildman–Crippen MR) is 86.0 cm³/mol. The Bertz CT molecular complexity index is 781. The second-order valence-electron chi connectivity index (χ2n) is 5.50. The Labute approximate surface area is 130 Å². The SMILES string of the molecule is Cc1cc(C)c(C(=O)n2nc(C)c(C#CCO)c2C)c(C)c1. The number of nitrogens with zero attached hydrogens (tertiary/aromatic N) is 2. The molecule has 2 rings (SSSR count). The highest BCUT2D eigenvalue weighted by molar-refractivity contribution is 5.98. The first-order valence-electron chi connectivity index (χ1n) is 7.15. The van der Waals surface area contributed by atoms with Crippen LogP contribution in [0.1, 0.15) is 44.0 Å². The van der Waals surface area contributed by atoms with Gasteiger partial charge in [0.1, 0.15) is 6.61 Å². The molecule has 0 saturated heterocycles. The molecule has 1 aromatic carbocycles. The van der Waals surface area contributed by atoms with Crippen molar-refractivity contribution >= 4 is 5.91 Å². The van der Waals surface area contributed by atoms with E-state index in [-0.39, 0.29) is 12.5 Å². The zero-order valence-electron chi connectivity index (χ0n) is 13.6. The zero-order valence-corrected chi connectivity index (χ0v) is 13.6. The van der Waals surface area contributed by atoms with E-state index in [1.54, 1.807) is 0 Å². The summed E-state index contributed by atoms with van der Waals surface area (Å²) in [5.74, 6) is 5.32. The van der Waals surface area contributed by atoms with Crippen molar-refractivity contribution in [3.63, 3.8) is 0 Å². The molecular weight excluding hydrogens is 276 g/mol. The smallest absolute Gasteiger partial charge is 0.278 e. The van der Waals surface area contributed by atoms with E-state index in [2.05, 4.69) is 16.9 Å². The third kappa shape index (κ3) is 2.81. The van der Waals surface area contributed by atoms with E-state index in [4.69, 9.17) is 5.11 Å². The van der Waals surface area contributed by atoms with E-state index in [1.165, 1.54) is 4.68 Å². The van der Waals surface area contributed by atoms with Gasteiger partial charge in [-0.3, -0.25) is 4.79 Å². The number of aryl methyl sites for hydroxylation is 4. The minimum atomic E-state index is -0.214. The molecule has 0 saturated carbocycles. The molecule has 114 valence electrons. The Balaban J connectivity index is 2.56. The molecule has 1 N–H and O–H groups in total. The summed E-state index contributed by atoms with van der Waals surface area (Å²) in [6.45, 7) is 9.30. The van der Waals surface area contributed by atoms with Crippen LogP contribution in [0.15, 0.2) is 12.1 Å². The van der Waals surface area contributed by atoms with E-state index in [9.17, 15) is 4.79 Å². The van der Waals surface area contributed by atoms with Gasteiger partial charge in [0, 0.05) is 5.56 Å². The van der Waals surface area contributed by atoms with Crippen LogP contribution in [-0.4, -0.2) is 27.4 Å². The van der Waals surface area contributed by atoms with Crippen LogP contribution in [-0.2, 0) is 0 Å². The number of carbonyl (C=O) groups is 1. The minimum Gasteiger partial charge on any atom is -0.384 e. The third-order valence-corrected chi connectivity index (χ3v) is 3.67. The molecule has 1 heterocycles. The molecule has 4 nitrogen and oxygen atoms in total. The lowest BCUT2D eigenvalue weighted by Crippen LogP contribution is -2.18. The number of hydrogen-bond acceptors (Lipinski definition) is 3. The molecule has 0 aliphatic heterocycles. The number of aliphatic hydroxyl groups is 1. The molecule has 0 atom stereocenters. The molecule has 0 bridgehead atoms. The molecule has 2 aromatic rings. The largest absolute Gasteiger partial charge is 0.384 e. The van der Waals surface area contributed by atoms with Crippen molar-refractivity contribution in [2.45, 2.75) is 34.6 Å². The topological polar surface area (TPSA) is 55.1 Å². The molecule has 4 heteroatoms. The number of benzene rings is 1. The van der Waals surface area contributed by atoms with Crippen molar-refractivity contribution < 1.29 is 9.90 Å². The first-order chi connectivity index (χ1) is 10.4. The van der Waals surface area contributed by atoms with Gasteiger partial charge < -0.3 is 5.11 Å². The normalized spacial score (nSPS) is 10.3. The quantitative estimate of drug-likeness (QED) is 0.822. The monoisotopic (exact) mass is 296 g/mol. The van der Waals surface area contributed by atoms with Gasteiger partial charge in [-0.1, -0.05) is 29.5 Å². The first kappa shape index (κ1) is 16.0. The summed E-state index contributed by atoms with van der Waals surface area (Å²) in [5, 5.41) is 13.2. The summed E-state index contributed by atoms with van der Waals surface area (Å²) in [6.07, 6.45) is 0. The number of aromatic nitrogens is 2. The fourth-order valence-electron chi connectivity index (χ4n) is 2.77. The van der Waals surface area contributed by atoms with Crippen molar-refractivity contribution in [2.24, 2.45) is 0 Å². The van der Waals surface area contributed by atoms with Crippen LogP contribution in [0.2, 0.25) is 0 Å². The molecule has 0 aliphatic carbocycles. The maximum absolute atomic E-state index is 12.9. The van der Waals surface area contributed by atoms with Gasteiger partial charge >= 0.3 is 0 Å². The van der Waals surface area contributed by atoms with Gasteiger partial charge in [0.2, 0.25) is 0 Å². The van der Waals surface area contributed by atoms with Crippen LogP contribution < -0.4 is 0 Å². The maximum atomic E-state index is 12.9. The number of hydrogen-bond donors (Lipinski definition) is 1. The third-order valence-electron chi connectivity index (χ3n) is 3.67. The predicted octanol–water partition coefficient (Wildman–Crippen LogP) is 2.46. The van der Waals surface area contributed by atoms with Crippen molar-refractivity contribution in [3.8, 4) is 11.8 Å².